The summed E-state index contributed by atoms with van der Waals surface area (Å²) in [7, 11) is 1.70. The normalized spacial score (nSPS) is 12.3. The van der Waals surface area contributed by atoms with Crippen LogP contribution in [0.5, 0.6) is 5.75 Å². The minimum Gasteiger partial charge on any atom is -0.496 e. The van der Waals surface area contributed by atoms with Crippen LogP contribution in [0.3, 0.4) is 0 Å². The zero-order valence-electron chi connectivity index (χ0n) is 18.6. The fraction of sp³-hybridized carbons (Fsp3) is 0.208. The average molecular weight is 532 g/mol. The van der Waals surface area contributed by atoms with E-state index in [2.05, 4.69) is 26.0 Å². The lowest BCUT2D eigenvalue weighted by Crippen LogP contribution is -2.34. The van der Waals surface area contributed by atoms with Gasteiger partial charge in [-0.05, 0) is 62.6 Å². The number of sulfonamides is 1. The SMILES string of the molecule is COc1ccccc1[C@H](CNC(=O)c1cccc(NS(=O)(=O)c2ccc(Br)cc2)c1)N(C)C. The summed E-state index contributed by atoms with van der Waals surface area (Å²) >= 11 is 3.29. The third-order valence-electron chi connectivity index (χ3n) is 5.08. The van der Waals surface area contributed by atoms with E-state index in [1.54, 1.807) is 37.4 Å². The van der Waals surface area contributed by atoms with E-state index in [0.29, 0.717) is 17.8 Å². The zero-order chi connectivity index (χ0) is 24.0. The summed E-state index contributed by atoms with van der Waals surface area (Å²) in [5.41, 5.74) is 1.62. The standard InChI is InChI=1S/C24H26BrN3O4S/c1-28(2)22(21-9-4-5-10-23(21)32-3)16-26-24(29)17-7-6-8-19(15-17)27-33(30,31)20-13-11-18(25)12-14-20/h4-15,22,27H,16H2,1-3H3,(H,26,29)/t22-/m0/s1. The average Bonchev–Trinajstić information content (AvgIpc) is 2.79. The molecule has 3 rings (SSSR count). The zero-order valence-corrected chi connectivity index (χ0v) is 21.0. The molecule has 1 amide bonds. The van der Waals surface area contributed by atoms with Crippen LogP contribution in [0.15, 0.2) is 82.2 Å². The lowest BCUT2D eigenvalue weighted by Gasteiger charge is -2.26. The van der Waals surface area contributed by atoms with Crippen molar-refractivity contribution in [2.24, 2.45) is 0 Å². The number of likely N-dealkylation sites (N-methyl/N-ethyl adjacent to an activating group) is 1. The number of carbonyl (C=O) groups excluding carboxylic acids is 1. The molecule has 0 aliphatic rings. The highest BCUT2D eigenvalue weighted by atomic mass is 79.9. The van der Waals surface area contributed by atoms with Gasteiger partial charge in [0.25, 0.3) is 15.9 Å². The number of rotatable bonds is 9. The lowest BCUT2D eigenvalue weighted by atomic mass is 10.0. The summed E-state index contributed by atoms with van der Waals surface area (Å²) in [6.45, 7) is 0.348. The molecule has 0 aliphatic heterocycles. The van der Waals surface area contributed by atoms with Crippen molar-refractivity contribution in [1.82, 2.24) is 10.2 Å². The predicted octanol–water partition coefficient (Wildman–Crippen LogP) is 4.29. The van der Waals surface area contributed by atoms with Crippen molar-refractivity contribution in [3.63, 3.8) is 0 Å². The molecule has 1 atom stereocenters. The molecule has 9 heteroatoms. The maximum atomic E-state index is 12.8. The molecule has 174 valence electrons. The van der Waals surface area contributed by atoms with Gasteiger partial charge in [-0.25, -0.2) is 8.42 Å². The van der Waals surface area contributed by atoms with E-state index in [1.807, 2.05) is 43.3 Å². The number of nitrogens with one attached hydrogen (secondary N) is 2. The number of benzene rings is 3. The second-order valence-corrected chi connectivity index (χ2v) is 10.2. The number of para-hydroxylation sites is 1. The van der Waals surface area contributed by atoms with Crippen molar-refractivity contribution >= 4 is 37.5 Å². The summed E-state index contributed by atoms with van der Waals surface area (Å²) in [4.78, 5) is 15.0. The largest absolute Gasteiger partial charge is 0.496 e. The minimum absolute atomic E-state index is 0.107. The van der Waals surface area contributed by atoms with Crippen molar-refractivity contribution in [2.45, 2.75) is 10.9 Å². The summed E-state index contributed by atoms with van der Waals surface area (Å²) in [5, 5.41) is 2.94. The van der Waals surface area contributed by atoms with Gasteiger partial charge in [-0.1, -0.05) is 40.2 Å². The molecule has 0 aromatic heterocycles. The van der Waals surface area contributed by atoms with E-state index >= 15 is 0 Å². The van der Waals surface area contributed by atoms with Crippen LogP contribution >= 0.6 is 15.9 Å². The minimum atomic E-state index is -3.78. The lowest BCUT2D eigenvalue weighted by molar-refractivity contribution is 0.0941. The number of hydrogen-bond acceptors (Lipinski definition) is 5. The third kappa shape index (κ3) is 6.34. The van der Waals surface area contributed by atoms with Crippen molar-refractivity contribution in [1.29, 1.82) is 0 Å². The van der Waals surface area contributed by atoms with Gasteiger partial charge in [-0.2, -0.15) is 0 Å². The first kappa shape index (κ1) is 24.8. The Morgan fingerprint density at radius 2 is 1.73 bits per heavy atom. The molecule has 3 aromatic carbocycles. The van der Waals surface area contributed by atoms with Crippen LogP contribution in [0.25, 0.3) is 0 Å². The second-order valence-electron chi connectivity index (χ2n) is 7.57. The van der Waals surface area contributed by atoms with Gasteiger partial charge in [0.15, 0.2) is 0 Å². The molecule has 0 aliphatic carbocycles. The molecule has 0 radical (unpaired) electrons. The molecular weight excluding hydrogens is 506 g/mol. The monoisotopic (exact) mass is 531 g/mol. The van der Waals surface area contributed by atoms with Crippen LogP contribution in [0, 0.1) is 0 Å². The molecule has 0 saturated heterocycles. The smallest absolute Gasteiger partial charge is 0.261 e. The molecule has 0 heterocycles. The van der Waals surface area contributed by atoms with Gasteiger partial charge in [0.05, 0.1) is 18.0 Å². The highest BCUT2D eigenvalue weighted by molar-refractivity contribution is 9.10. The van der Waals surface area contributed by atoms with Crippen LogP contribution in [0.4, 0.5) is 5.69 Å². The topological polar surface area (TPSA) is 87.7 Å². The van der Waals surface area contributed by atoms with Gasteiger partial charge in [0.1, 0.15) is 5.75 Å². The third-order valence-corrected chi connectivity index (χ3v) is 7.00. The summed E-state index contributed by atoms with van der Waals surface area (Å²) in [6, 6.07) is 20.3. The molecule has 0 spiro atoms. The van der Waals surface area contributed by atoms with Crippen LogP contribution in [-0.2, 0) is 10.0 Å². The first-order valence-corrected chi connectivity index (χ1v) is 12.4. The number of methoxy groups -OCH3 is 1. The Morgan fingerprint density at radius 3 is 2.39 bits per heavy atom. The van der Waals surface area contributed by atoms with Crippen LogP contribution < -0.4 is 14.8 Å². The van der Waals surface area contributed by atoms with E-state index in [9.17, 15) is 13.2 Å². The molecule has 2 N–H and O–H groups in total. The van der Waals surface area contributed by atoms with Gasteiger partial charge in [0.2, 0.25) is 0 Å². The van der Waals surface area contributed by atoms with Gasteiger partial charge < -0.3 is 15.0 Å². The highest BCUT2D eigenvalue weighted by Crippen LogP contribution is 2.27. The molecule has 7 nitrogen and oxygen atoms in total. The second kappa shape index (κ2) is 10.8. The molecular formula is C24H26BrN3O4S. The first-order chi connectivity index (χ1) is 15.7. The van der Waals surface area contributed by atoms with Crippen molar-refractivity contribution in [2.75, 3.05) is 32.5 Å². The molecule has 0 bridgehead atoms. The summed E-state index contributed by atoms with van der Waals surface area (Å²) < 4.78 is 34.1. The van der Waals surface area contributed by atoms with E-state index < -0.39 is 10.0 Å². The number of anilines is 1. The van der Waals surface area contributed by atoms with E-state index in [-0.39, 0.29) is 16.8 Å². The Morgan fingerprint density at radius 1 is 1.03 bits per heavy atom. The summed E-state index contributed by atoms with van der Waals surface area (Å²) in [5.74, 6) is 0.441. The van der Waals surface area contributed by atoms with Crippen LogP contribution in [0.1, 0.15) is 22.0 Å². The molecule has 33 heavy (non-hydrogen) atoms. The Bertz CT molecular complexity index is 1210. The van der Waals surface area contributed by atoms with Crippen molar-refractivity contribution in [3.8, 4) is 5.75 Å². The molecule has 0 unspecified atom stereocenters. The van der Waals surface area contributed by atoms with Crippen molar-refractivity contribution < 1.29 is 17.9 Å². The predicted molar refractivity (Wildman–Crippen MR) is 133 cm³/mol. The number of hydrogen-bond donors (Lipinski definition) is 2. The maximum Gasteiger partial charge on any atom is 0.261 e. The Balaban J connectivity index is 1.73. The number of halogens is 1. The van der Waals surface area contributed by atoms with Gasteiger partial charge in [-0.15, -0.1) is 0 Å². The van der Waals surface area contributed by atoms with Crippen LogP contribution in [-0.4, -0.2) is 47.0 Å². The summed E-state index contributed by atoms with van der Waals surface area (Å²) in [6.07, 6.45) is 0. The molecule has 0 fully saturated rings. The van der Waals surface area contributed by atoms with E-state index in [1.165, 1.54) is 18.2 Å². The molecule has 0 saturated carbocycles. The fourth-order valence-corrected chi connectivity index (χ4v) is 4.67. The van der Waals surface area contributed by atoms with Crippen molar-refractivity contribution in [3.05, 3.63) is 88.4 Å². The van der Waals surface area contributed by atoms with Gasteiger partial charge >= 0.3 is 0 Å². The maximum absolute atomic E-state index is 12.8. The Kier molecular flexibility index (Phi) is 8.12. The van der Waals surface area contributed by atoms with E-state index in [0.717, 1.165) is 15.8 Å². The number of carbonyl (C=O) groups is 1. The molecule has 3 aromatic rings. The van der Waals surface area contributed by atoms with Gasteiger partial charge in [0, 0.05) is 27.8 Å². The fourth-order valence-electron chi connectivity index (χ4n) is 3.36. The number of nitrogens with zero attached hydrogens (tertiary/aromatic N) is 1. The Labute approximate surface area is 202 Å². The van der Waals surface area contributed by atoms with Gasteiger partial charge in [-0.3, -0.25) is 9.52 Å². The van der Waals surface area contributed by atoms with E-state index in [4.69, 9.17) is 4.74 Å². The number of ether oxygens (including phenoxy) is 1. The number of amides is 1. The van der Waals surface area contributed by atoms with Crippen LogP contribution in [0.2, 0.25) is 0 Å². The first-order valence-electron chi connectivity index (χ1n) is 10.2. The Hall–Kier alpha value is -2.88. The highest BCUT2D eigenvalue weighted by Gasteiger charge is 2.20. The quantitative estimate of drug-likeness (QED) is 0.430.